The molecule has 3 nitrogen and oxygen atoms in total. The van der Waals surface area contributed by atoms with Crippen LogP contribution in [-0.4, -0.2) is 18.2 Å². The van der Waals surface area contributed by atoms with Crippen LogP contribution >= 0.6 is 11.8 Å². The van der Waals surface area contributed by atoms with E-state index in [9.17, 15) is 4.79 Å². The lowest BCUT2D eigenvalue weighted by Gasteiger charge is -2.24. The number of carbonyl (C=O) groups excluding carboxylic acids is 1. The van der Waals surface area contributed by atoms with Gasteiger partial charge in [0, 0.05) is 4.90 Å². The maximum atomic E-state index is 11.2. The summed E-state index contributed by atoms with van der Waals surface area (Å²) in [6.45, 7) is 5.01. The Morgan fingerprint density at radius 3 is 2.94 bits per heavy atom. The second kappa shape index (κ2) is 4.70. The van der Waals surface area contributed by atoms with Gasteiger partial charge < -0.3 is 11.1 Å². The molecule has 4 heteroatoms. The standard InChI is InChI=1S/C13H18N2OS/c1-13(2,8-14)6-9-3-4-10-11(5-9)17-7-12(16)15-10/h3-5H,6-8,14H2,1-2H3,(H,15,16). The van der Waals surface area contributed by atoms with Crippen LogP contribution in [0.3, 0.4) is 0 Å². The van der Waals surface area contributed by atoms with Crippen molar-refractivity contribution < 1.29 is 4.79 Å². The molecule has 0 saturated heterocycles. The minimum absolute atomic E-state index is 0.0811. The zero-order valence-electron chi connectivity index (χ0n) is 10.2. The second-order valence-corrected chi connectivity index (χ2v) is 6.23. The van der Waals surface area contributed by atoms with Crippen LogP contribution in [0.25, 0.3) is 0 Å². The smallest absolute Gasteiger partial charge is 0.234 e. The van der Waals surface area contributed by atoms with Gasteiger partial charge >= 0.3 is 0 Å². The van der Waals surface area contributed by atoms with E-state index in [1.807, 2.05) is 6.07 Å². The number of fused-ring (bicyclic) bond motifs is 1. The summed E-state index contributed by atoms with van der Waals surface area (Å²) in [5.41, 5.74) is 8.08. The third-order valence-electron chi connectivity index (χ3n) is 2.91. The number of benzene rings is 1. The molecule has 0 radical (unpaired) electrons. The van der Waals surface area contributed by atoms with Crippen LogP contribution in [0.15, 0.2) is 23.1 Å². The number of carbonyl (C=O) groups is 1. The van der Waals surface area contributed by atoms with Crippen molar-refractivity contribution in [3.05, 3.63) is 23.8 Å². The minimum atomic E-state index is 0.0811. The number of thioether (sulfide) groups is 1. The molecule has 0 aliphatic carbocycles. The van der Waals surface area contributed by atoms with E-state index in [0.29, 0.717) is 12.3 Å². The average molecular weight is 250 g/mol. The molecule has 0 bridgehead atoms. The molecule has 0 saturated carbocycles. The van der Waals surface area contributed by atoms with E-state index in [2.05, 4.69) is 31.3 Å². The van der Waals surface area contributed by atoms with E-state index in [4.69, 9.17) is 5.73 Å². The van der Waals surface area contributed by atoms with E-state index in [1.54, 1.807) is 11.8 Å². The summed E-state index contributed by atoms with van der Waals surface area (Å²) in [5.74, 6) is 0.592. The van der Waals surface area contributed by atoms with E-state index in [1.165, 1.54) is 5.56 Å². The number of nitrogens with one attached hydrogen (secondary N) is 1. The van der Waals surface area contributed by atoms with Gasteiger partial charge in [0.25, 0.3) is 0 Å². The van der Waals surface area contributed by atoms with Gasteiger partial charge in [-0.1, -0.05) is 19.9 Å². The molecule has 0 aromatic heterocycles. The molecule has 3 N–H and O–H groups in total. The summed E-state index contributed by atoms with van der Waals surface area (Å²) in [7, 11) is 0. The summed E-state index contributed by atoms with van der Waals surface area (Å²) < 4.78 is 0. The highest BCUT2D eigenvalue weighted by molar-refractivity contribution is 8.00. The van der Waals surface area contributed by atoms with Crippen molar-refractivity contribution >= 4 is 23.4 Å². The van der Waals surface area contributed by atoms with Crippen LogP contribution in [0.2, 0.25) is 0 Å². The number of anilines is 1. The fraction of sp³-hybridized carbons (Fsp3) is 0.462. The Balaban J connectivity index is 2.19. The summed E-state index contributed by atoms with van der Waals surface area (Å²) >= 11 is 1.60. The summed E-state index contributed by atoms with van der Waals surface area (Å²) in [5, 5.41) is 2.88. The maximum absolute atomic E-state index is 11.2. The Kier molecular flexibility index (Phi) is 3.45. The molecular formula is C13H18N2OS. The predicted octanol–water partition coefficient (Wildman–Crippen LogP) is 2.26. The molecule has 92 valence electrons. The SMILES string of the molecule is CC(C)(CN)Cc1ccc2c(c1)SCC(=O)N2. The fourth-order valence-electron chi connectivity index (χ4n) is 1.85. The molecule has 0 atom stereocenters. The third kappa shape index (κ3) is 3.01. The molecule has 1 aliphatic heterocycles. The Bertz CT molecular complexity index is 443. The first kappa shape index (κ1) is 12.5. The van der Waals surface area contributed by atoms with Gasteiger partial charge in [0.2, 0.25) is 5.91 Å². The van der Waals surface area contributed by atoms with Crippen molar-refractivity contribution in [3.8, 4) is 0 Å². The van der Waals surface area contributed by atoms with Crippen molar-refractivity contribution in [2.75, 3.05) is 17.6 Å². The third-order valence-corrected chi connectivity index (χ3v) is 3.97. The van der Waals surface area contributed by atoms with E-state index in [-0.39, 0.29) is 11.3 Å². The number of nitrogens with two attached hydrogens (primary N) is 1. The van der Waals surface area contributed by atoms with E-state index in [0.717, 1.165) is 17.0 Å². The van der Waals surface area contributed by atoms with Gasteiger partial charge in [0.05, 0.1) is 11.4 Å². The lowest BCUT2D eigenvalue weighted by atomic mass is 9.86. The largest absolute Gasteiger partial charge is 0.330 e. The Morgan fingerprint density at radius 2 is 2.24 bits per heavy atom. The lowest BCUT2D eigenvalue weighted by molar-refractivity contribution is -0.113. The molecule has 1 aromatic carbocycles. The number of hydrogen-bond acceptors (Lipinski definition) is 3. The topological polar surface area (TPSA) is 55.1 Å². The first-order valence-electron chi connectivity index (χ1n) is 5.76. The fourth-order valence-corrected chi connectivity index (χ4v) is 2.72. The van der Waals surface area contributed by atoms with Gasteiger partial charge in [-0.15, -0.1) is 11.8 Å². The molecule has 0 spiro atoms. The minimum Gasteiger partial charge on any atom is -0.330 e. The summed E-state index contributed by atoms with van der Waals surface area (Å²) in [4.78, 5) is 12.4. The monoisotopic (exact) mass is 250 g/mol. The number of amides is 1. The lowest BCUT2D eigenvalue weighted by Crippen LogP contribution is -2.26. The number of rotatable bonds is 3. The first-order chi connectivity index (χ1) is 8.00. The Hall–Kier alpha value is -1.00. The van der Waals surface area contributed by atoms with E-state index >= 15 is 0 Å². The van der Waals surface area contributed by atoms with Crippen molar-refractivity contribution in [2.24, 2.45) is 11.1 Å². The number of hydrogen-bond donors (Lipinski definition) is 2. The molecule has 17 heavy (non-hydrogen) atoms. The highest BCUT2D eigenvalue weighted by Gasteiger charge is 2.19. The highest BCUT2D eigenvalue weighted by atomic mass is 32.2. The van der Waals surface area contributed by atoms with Crippen molar-refractivity contribution in [1.82, 2.24) is 0 Å². The van der Waals surface area contributed by atoms with Gasteiger partial charge in [-0.05, 0) is 36.1 Å². The maximum Gasteiger partial charge on any atom is 0.234 e. The summed E-state index contributed by atoms with van der Waals surface area (Å²) in [6.07, 6.45) is 0.964. The van der Waals surface area contributed by atoms with Crippen LogP contribution in [0.1, 0.15) is 19.4 Å². The molecular weight excluding hydrogens is 232 g/mol. The van der Waals surface area contributed by atoms with Crippen molar-refractivity contribution in [3.63, 3.8) is 0 Å². The van der Waals surface area contributed by atoms with E-state index < -0.39 is 0 Å². The van der Waals surface area contributed by atoms with Gasteiger partial charge in [0.1, 0.15) is 0 Å². The van der Waals surface area contributed by atoms with Crippen LogP contribution in [0.5, 0.6) is 0 Å². The summed E-state index contributed by atoms with van der Waals surface area (Å²) in [6, 6.07) is 6.22. The highest BCUT2D eigenvalue weighted by Crippen LogP contribution is 2.33. The quantitative estimate of drug-likeness (QED) is 0.865. The van der Waals surface area contributed by atoms with Crippen LogP contribution < -0.4 is 11.1 Å². The molecule has 1 aliphatic rings. The Morgan fingerprint density at radius 1 is 1.47 bits per heavy atom. The van der Waals surface area contributed by atoms with Gasteiger partial charge in [-0.25, -0.2) is 0 Å². The molecule has 0 unspecified atom stereocenters. The molecule has 1 amide bonds. The van der Waals surface area contributed by atoms with Gasteiger partial charge in [-0.2, -0.15) is 0 Å². The average Bonchev–Trinajstić information content (AvgIpc) is 2.29. The second-order valence-electron chi connectivity index (χ2n) is 5.21. The molecule has 2 rings (SSSR count). The molecule has 1 heterocycles. The van der Waals surface area contributed by atoms with Crippen molar-refractivity contribution in [1.29, 1.82) is 0 Å². The Labute approximate surface area is 106 Å². The molecule has 1 aromatic rings. The van der Waals surface area contributed by atoms with Gasteiger partial charge in [0.15, 0.2) is 0 Å². The van der Waals surface area contributed by atoms with Crippen LogP contribution in [-0.2, 0) is 11.2 Å². The van der Waals surface area contributed by atoms with Crippen LogP contribution in [0, 0.1) is 5.41 Å². The first-order valence-corrected chi connectivity index (χ1v) is 6.74. The predicted molar refractivity (Wildman–Crippen MR) is 72.3 cm³/mol. The normalized spacial score (nSPS) is 15.4. The zero-order chi connectivity index (χ0) is 12.5. The zero-order valence-corrected chi connectivity index (χ0v) is 11.1. The van der Waals surface area contributed by atoms with Crippen molar-refractivity contribution in [2.45, 2.75) is 25.2 Å². The molecule has 0 fully saturated rings. The van der Waals surface area contributed by atoms with Crippen LogP contribution in [0.4, 0.5) is 5.69 Å². The van der Waals surface area contributed by atoms with Gasteiger partial charge in [-0.3, -0.25) is 4.79 Å².